The molecule has 3 heteroatoms. The van der Waals surface area contributed by atoms with E-state index in [1.165, 1.54) is 27.3 Å². The third-order valence-corrected chi connectivity index (χ3v) is 10.1. The molecule has 0 aliphatic carbocycles. The molecule has 0 saturated heterocycles. The highest BCUT2D eigenvalue weighted by Gasteiger charge is 2.21. The Morgan fingerprint density at radius 2 is 0.842 bits per heavy atom. The summed E-state index contributed by atoms with van der Waals surface area (Å²) in [6.45, 7) is 0. The summed E-state index contributed by atoms with van der Waals surface area (Å²) >= 11 is 0. The molecule has 3 nitrogen and oxygen atoms in total. The highest BCUT2D eigenvalue weighted by molar-refractivity contribution is 6.14. The van der Waals surface area contributed by atoms with Crippen molar-refractivity contribution >= 4 is 65.4 Å². The minimum atomic E-state index is -0.831. The molecule has 12 rings (SSSR count). The summed E-state index contributed by atoms with van der Waals surface area (Å²) in [5.41, 5.74) is -1.60. The lowest BCUT2D eigenvalue weighted by Crippen LogP contribution is -2.04. The van der Waals surface area contributed by atoms with Crippen LogP contribution >= 0.6 is 0 Å². The van der Waals surface area contributed by atoms with Gasteiger partial charge in [-0.1, -0.05) is 145 Å². The van der Waals surface area contributed by atoms with Gasteiger partial charge in [-0.15, -0.1) is 0 Å². The molecule has 3 heterocycles. The first-order valence-electron chi connectivity index (χ1n) is 30.1. The Morgan fingerprint density at radius 1 is 0.298 bits per heavy atom. The Morgan fingerprint density at radius 3 is 1.54 bits per heavy atom. The Bertz CT molecular complexity index is 4860. The van der Waals surface area contributed by atoms with E-state index in [4.69, 9.17) is 27.4 Å². The first-order chi connectivity index (χ1) is 38.7. The smallest absolute Gasteiger partial charge is 0.0709 e. The molecule has 9 aromatic carbocycles. The number of para-hydroxylation sites is 4. The van der Waals surface area contributed by atoms with Gasteiger partial charge in [-0.2, -0.15) is 0 Å². The lowest BCUT2D eigenvalue weighted by Gasteiger charge is -2.18. The van der Waals surface area contributed by atoms with E-state index in [2.05, 4.69) is 0 Å². The largest absolute Gasteiger partial charge is 0.309 e. The minimum Gasteiger partial charge on any atom is -0.309 e. The summed E-state index contributed by atoms with van der Waals surface area (Å²) in [6, 6.07) is -1.23. The Labute approximate surface area is 364 Å². The van der Waals surface area contributed by atoms with Crippen LogP contribution in [0.3, 0.4) is 0 Å². The predicted molar refractivity (Wildman–Crippen MR) is 240 cm³/mol. The molecular weight excluding hydrogens is 691 g/mol. The van der Waals surface area contributed by atoms with Crippen molar-refractivity contribution in [2.75, 3.05) is 0 Å². The predicted octanol–water partition coefficient (Wildman–Crippen LogP) is 14.3. The van der Waals surface area contributed by atoms with Gasteiger partial charge < -0.3 is 13.7 Å². The number of hydrogen-bond acceptors (Lipinski definition) is 0. The molecule has 0 aliphatic heterocycles. The monoisotopic (exact) mass is 750 g/mol. The highest BCUT2D eigenvalue weighted by atomic mass is 15.1. The molecule has 0 saturated carbocycles. The molecule has 0 amide bonds. The summed E-state index contributed by atoms with van der Waals surface area (Å²) < 4.78 is 227. The highest BCUT2D eigenvalue weighted by Crippen LogP contribution is 2.42. The number of rotatable bonds is 5. The van der Waals surface area contributed by atoms with Gasteiger partial charge in [-0.25, -0.2) is 0 Å². The van der Waals surface area contributed by atoms with Crippen molar-refractivity contribution in [3.05, 3.63) is 212 Å². The van der Waals surface area contributed by atoms with Gasteiger partial charge in [-0.05, 0) is 88.9 Å². The molecule has 12 aromatic rings. The molecular formula is C54H35N3. The van der Waals surface area contributed by atoms with E-state index in [1.54, 1.807) is 47.0 Å². The van der Waals surface area contributed by atoms with Crippen LogP contribution in [0.5, 0.6) is 0 Å². The quantitative estimate of drug-likeness (QED) is 0.166. The lowest BCUT2D eigenvalue weighted by molar-refractivity contribution is 1.09. The standard InChI is InChI=1S/C54H35N3/c1-3-15-36(16-4-1)38-27-30-51-45(33-38)43-21-9-14-26-50(43)57(51)54-34-39(37-17-5-2-6-18-37)28-31-53(54)56-49-25-13-10-22-44(49)46-35-40(29-32-52(46)56)55-47-23-11-7-19-41(47)42-20-8-12-24-48(42)55/h1-35H/i1D,2D,3D,4D,5D,6D,7D,8D,9D,11D,12D,14D,15D,16D,17D,18D,19D,20D,21D,23D,24D,26D,27D,30D,33D. The van der Waals surface area contributed by atoms with Gasteiger partial charge in [0.25, 0.3) is 0 Å². The number of nitrogens with zero attached hydrogens (tertiary/aromatic N) is 3. The number of fused-ring (bicyclic) bond motifs is 9. The van der Waals surface area contributed by atoms with Crippen molar-refractivity contribution in [3.63, 3.8) is 0 Å². The average molecular weight is 751 g/mol. The fourth-order valence-electron chi connectivity index (χ4n) is 7.74. The van der Waals surface area contributed by atoms with E-state index in [0.29, 0.717) is 21.8 Å². The second-order valence-corrected chi connectivity index (χ2v) is 13.1. The SMILES string of the molecule is [2H]c1c([2H])c([2H])c(-c2ccc(-n3c4ccccc4c4cc(-n5c6c([2H])c([2H])c([2H])c([2H])c6c6c([2H])c([2H])c([2H])c([2H])c65)ccc43)c(-n3c4c([2H])c([2H])c([2H])c([2H])c4c4c([2H])c(-c5c([2H])c([2H])c([2H])c([2H])c5[2H])c([2H])c([2H])c43)c2)c([2H])c1[2H]. The van der Waals surface area contributed by atoms with Crippen LogP contribution < -0.4 is 0 Å². The lowest BCUT2D eigenvalue weighted by atomic mass is 10.0. The zero-order chi connectivity index (χ0) is 59.2. The first-order valence-corrected chi connectivity index (χ1v) is 17.6. The fourth-order valence-corrected chi connectivity index (χ4v) is 7.74. The molecule has 0 N–H and O–H groups in total. The van der Waals surface area contributed by atoms with E-state index in [0.717, 1.165) is 0 Å². The third kappa shape index (κ3) is 4.79. The molecule has 0 spiro atoms. The van der Waals surface area contributed by atoms with Crippen LogP contribution in [-0.4, -0.2) is 13.7 Å². The van der Waals surface area contributed by atoms with Crippen LogP contribution in [0.25, 0.3) is 105 Å². The number of benzene rings is 9. The van der Waals surface area contributed by atoms with Crippen molar-refractivity contribution in [1.29, 1.82) is 0 Å². The molecule has 0 radical (unpaired) electrons. The summed E-state index contributed by atoms with van der Waals surface area (Å²) in [4.78, 5) is 0. The van der Waals surface area contributed by atoms with E-state index in [1.807, 2.05) is 0 Å². The average Bonchev–Trinajstić information content (AvgIpc) is 4.26. The van der Waals surface area contributed by atoms with Crippen LogP contribution in [0.4, 0.5) is 0 Å². The molecule has 266 valence electrons. The van der Waals surface area contributed by atoms with E-state index < -0.39 is 173 Å². The second-order valence-electron chi connectivity index (χ2n) is 13.1. The molecule has 0 fully saturated rings. The maximum Gasteiger partial charge on any atom is 0.0709 e. The topological polar surface area (TPSA) is 14.8 Å². The van der Waals surface area contributed by atoms with Crippen LogP contribution in [0.15, 0.2) is 212 Å². The van der Waals surface area contributed by atoms with Crippen molar-refractivity contribution in [2.45, 2.75) is 0 Å². The molecule has 0 atom stereocenters. The van der Waals surface area contributed by atoms with Crippen LogP contribution in [0.2, 0.25) is 0 Å². The van der Waals surface area contributed by atoms with E-state index >= 15 is 0 Å². The molecule has 0 aliphatic rings. The fraction of sp³-hybridized carbons (Fsp3) is 0. The third-order valence-electron chi connectivity index (χ3n) is 10.1. The molecule has 0 bridgehead atoms. The van der Waals surface area contributed by atoms with Gasteiger partial charge in [0, 0.05) is 38.0 Å². The van der Waals surface area contributed by atoms with Crippen LogP contribution in [0.1, 0.15) is 34.3 Å². The van der Waals surface area contributed by atoms with Crippen molar-refractivity contribution < 1.29 is 34.3 Å². The van der Waals surface area contributed by atoms with Crippen molar-refractivity contribution in [2.24, 2.45) is 0 Å². The van der Waals surface area contributed by atoms with Gasteiger partial charge in [0.1, 0.15) is 0 Å². The molecule has 3 aromatic heterocycles. The van der Waals surface area contributed by atoms with Crippen molar-refractivity contribution in [1.82, 2.24) is 13.7 Å². The summed E-state index contributed by atoms with van der Waals surface area (Å²) in [5, 5.41) is -0.117. The molecule has 0 unspecified atom stereocenters. The van der Waals surface area contributed by atoms with E-state index in [-0.39, 0.29) is 60.9 Å². The van der Waals surface area contributed by atoms with Crippen molar-refractivity contribution in [3.8, 4) is 39.3 Å². The maximum absolute atomic E-state index is 9.83. The number of aromatic nitrogens is 3. The summed E-state index contributed by atoms with van der Waals surface area (Å²) in [5.74, 6) is 0. The first kappa shape index (κ1) is 15.9. The number of hydrogen-bond donors (Lipinski definition) is 0. The summed E-state index contributed by atoms with van der Waals surface area (Å²) in [6.07, 6.45) is 0. The maximum atomic E-state index is 9.83. The Hall–Kier alpha value is -7.62. The second kappa shape index (κ2) is 12.5. The minimum absolute atomic E-state index is 0.0328. The molecule has 57 heavy (non-hydrogen) atoms. The Balaban J connectivity index is 1.26. The van der Waals surface area contributed by atoms with Crippen LogP contribution in [-0.2, 0) is 0 Å². The van der Waals surface area contributed by atoms with Gasteiger partial charge >= 0.3 is 0 Å². The normalized spacial score (nSPS) is 18.0. The van der Waals surface area contributed by atoms with E-state index in [9.17, 15) is 6.85 Å². The van der Waals surface area contributed by atoms with Gasteiger partial charge in [0.05, 0.1) is 78.7 Å². The zero-order valence-corrected chi connectivity index (χ0v) is 29.1. The Kier molecular flexibility index (Phi) is 3.46. The van der Waals surface area contributed by atoms with Gasteiger partial charge in [-0.3, -0.25) is 0 Å². The van der Waals surface area contributed by atoms with Gasteiger partial charge in [0.2, 0.25) is 0 Å². The van der Waals surface area contributed by atoms with Crippen LogP contribution in [0, 0.1) is 0 Å². The van der Waals surface area contributed by atoms with Gasteiger partial charge in [0.15, 0.2) is 0 Å². The summed E-state index contributed by atoms with van der Waals surface area (Å²) in [7, 11) is 0. The zero-order valence-electron chi connectivity index (χ0n) is 54.1.